The fourth-order valence-corrected chi connectivity index (χ4v) is 4.42. The summed E-state index contributed by atoms with van der Waals surface area (Å²) >= 11 is 0. The molecule has 0 aliphatic heterocycles. The minimum atomic E-state index is -3.27. The van der Waals surface area contributed by atoms with Crippen molar-refractivity contribution in [3.63, 3.8) is 0 Å². The Bertz CT molecular complexity index is 1120. The predicted octanol–water partition coefficient (Wildman–Crippen LogP) is 3.33. The Morgan fingerprint density at radius 2 is 2.00 bits per heavy atom. The lowest BCUT2D eigenvalue weighted by atomic mass is 9.82. The van der Waals surface area contributed by atoms with E-state index in [4.69, 9.17) is 4.42 Å². The average Bonchev–Trinajstić information content (AvgIpc) is 3.16. The third kappa shape index (κ3) is 4.48. The molecule has 152 valence electrons. The number of hydrogen-bond acceptors (Lipinski definition) is 6. The topological polar surface area (TPSA) is 102 Å². The minimum Gasteiger partial charge on any atom is -0.440 e. The molecule has 1 N–H and O–H groups in total. The van der Waals surface area contributed by atoms with Crippen molar-refractivity contribution in [1.29, 1.82) is 0 Å². The van der Waals surface area contributed by atoms with Crippen LogP contribution in [0.25, 0.3) is 11.1 Å². The molecule has 0 spiro atoms. The van der Waals surface area contributed by atoms with Crippen LogP contribution in [0.4, 0.5) is 0 Å². The van der Waals surface area contributed by atoms with Crippen molar-refractivity contribution in [3.05, 3.63) is 54.2 Å². The van der Waals surface area contributed by atoms with Crippen molar-refractivity contribution >= 4 is 26.8 Å². The van der Waals surface area contributed by atoms with Crippen LogP contribution in [0.1, 0.15) is 47.8 Å². The van der Waals surface area contributed by atoms with Gasteiger partial charge in [0.05, 0.1) is 10.5 Å². The number of pyridine rings is 1. The number of carbonyl (C=O) groups excluding carboxylic acids is 1. The second-order valence-corrected chi connectivity index (χ2v) is 9.64. The number of oxazole rings is 1. The molecular weight excluding hydrogens is 390 g/mol. The van der Waals surface area contributed by atoms with Gasteiger partial charge >= 0.3 is 0 Å². The monoisotopic (exact) mass is 413 g/mol. The molecule has 1 saturated carbocycles. The molecular formula is C21H23N3O4S. The van der Waals surface area contributed by atoms with Gasteiger partial charge in [-0.2, -0.15) is 0 Å². The number of aromatic nitrogens is 2. The van der Waals surface area contributed by atoms with Crippen LogP contribution in [-0.2, 0) is 9.84 Å². The van der Waals surface area contributed by atoms with E-state index in [-0.39, 0.29) is 16.7 Å². The lowest BCUT2D eigenvalue weighted by Crippen LogP contribution is -2.31. The number of amides is 1. The Labute approximate surface area is 169 Å². The van der Waals surface area contributed by atoms with E-state index in [1.807, 2.05) is 0 Å². The summed E-state index contributed by atoms with van der Waals surface area (Å²) in [7, 11) is -3.27. The van der Waals surface area contributed by atoms with E-state index in [1.165, 1.54) is 6.26 Å². The first kappa shape index (κ1) is 19.6. The van der Waals surface area contributed by atoms with Crippen molar-refractivity contribution in [1.82, 2.24) is 15.3 Å². The van der Waals surface area contributed by atoms with Gasteiger partial charge in [0.15, 0.2) is 21.3 Å². The third-order valence-corrected chi connectivity index (χ3v) is 6.58. The summed E-state index contributed by atoms with van der Waals surface area (Å²) in [5.74, 6) is 1.21. The molecule has 2 aromatic heterocycles. The van der Waals surface area contributed by atoms with Crippen molar-refractivity contribution in [2.45, 2.75) is 36.5 Å². The van der Waals surface area contributed by atoms with Crippen LogP contribution in [0, 0.1) is 5.92 Å². The van der Waals surface area contributed by atoms with Gasteiger partial charge in [-0.05, 0) is 61.9 Å². The molecule has 8 heteroatoms. The second kappa shape index (κ2) is 7.94. The zero-order valence-corrected chi connectivity index (χ0v) is 17.0. The molecule has 7 nitrogen and oxygen atoms in total. The molecule has 0 bridgehead atoms. The Morgan fingerprint density at radius 1 is 1.21 bits per heavy atom. The van der Waals surface area contributed by atoms with Gasteiger partial charge in [-0.25, -0.2) is 13.4 Å². The molecule has 1 amide bonds. The smallest absolute Gasteiger partial charge is 0.252 e. The van der Waals surface area contributed by atoms with Gasteiger partial charge in [0.2, 0.25) is 0 Å². The van der Waals surface area contributed by atoms with Crippen LogP contribution in [0.15, 0.2) is 52.0 Å². The van der Waals surface area contributed by atoms with Crippen LogP contribution in [-0.4, -0.2) is 37.1 Å². The summed E-state index contributed by atoms with van der Waals surface area (Å²) in [5.41, 5.74) is 1.76. The highest BCUT2D eigenvalue weighted by molar-refractivity contribution is 7.90. The number of rotatable bonds is 5. The van der Waals surface area contributed by atoms with Crippen LogP contribution >= 0.6 is 0 Å². The Hall–Kier alpha value is -2.74. The maximum absolute atomic E-state index is 12.2. The van der Waals surface area contributed by atoms with Crippen LogP contribution in [0.2, 0.25) is 0 Å². The Balaban J connectivity index is 1.35. The number of sulfone groups is 1. The molecule has 3 aromatic rings. The maximum atomic E-state index is 12.2. The maximum Gasteiger partial charge on any atom is 0.252 e. The van der Waals surface area contributed by atoms with Gasteiger partial charge in [0.25, 0.3) is 5.91 Å². The van der Waals surface area contributed by atoms with Gasteiger partial charge in [0, 0.05) is 31.1 Å². The van der Waals surface area contributed by atoms with Gasteiger partial charge in [-0.15, -0.1) is 0 Å². The van der Waals surface area contributed by atoms with E-state index >= 15 is 0 Å². The summed E-state index contributed by atoms with van der Waals surface area (Å²) < 4.78 is 29.3. The second-order valence-electron chi connectivity index (χ2n) is 7.62. The first-order valence-corrected chi connectivity index (χ1v) is 11.6. The first-order chi connectivity index (χ1) is 13.9. The highest BCUT2D eigenvalue weighted by Gasteiger charge is 2.26. The molecule has 1 aromatic carbocycles. The summed E-state index contributed by atoms with van der Waals surface area (Å²) in [4.78, 5) is 20.9. The van der Waals surface area contributed by atoms with Crippen LogP contribution in [0.3, 0.4) is 0 Å². The Morgan fingerprint density at radius 3 is 2.69 bits per heavy atom. The summed E-state index contributed by atoms with van der Waals surface area (Å²) in [5, 5.41) is 2.99. The van der Waals surface area contributed by atoms with Gasteiger partial charge in [0.1, 0.15) is 5.52 Å². The zero-order valence-electron chi connectivity index (χ0n) is 16.2. The Kier molecular flexibility index (Phi) is 5.36. The summed E-state index contributed by atoms with van der Waals surface area (Å²) in [6, 6.07) is 8.29. The summed E-state index contributed by atoms with van der Waals surface area (Å²) in [6.07, 6.45) is 8.21. The van der Waals surface area contributed by atoms with Crippen molar-refractivity contribution < 1.29 is 17.6 Å². The number of nitrogens with one attached hydrogen (secondary N) is 1. The lowest BCUT2D eigenvalue weighted by molar-refractivity contribution is 0.0942. The number of carbonyl (C=O) groups is 1. The normalized spacial score (nSPS) is 19.9. The van der Waals surface area contributed by atoms with Crippen LogP contribution < -0.4 is 5.32 Å². The number of benzene rings is 1. The van der Waals surface area contributed by atoms with Gasteiger partial charge in [-0.3, -0.25) is 9.78 Å². The molecule has 0 saturated heterocycles. The number of hydrogen-bond donors (Lipinski definition) is 1. The van der Waals surface area contributed by atoms with E-state index in [0.717, 1.165) is 25.7 Å². The molecule has 2 heterocycles. The highest BCUT2D eigenvalue weighted by atomic mass is 32.2. The SMILES string of the molecule is CS(=O)(=O)c1ccc2oc([C@H]3CC[C@H](CNC(=O)c4cccnc4)CC3)nc2c1. The first-order valence-electron chi connectivity index (χ1n) is 9.69. The van der Waals surface area contributed by atoms with E-state index < -0.39 is 9.84 Å². The van der Waals surface area contributed by atoms with Crippen molar-refractivity contribution in [2.75, 3.05) is 12.8 Å². The van der Waals surface area contributed by atoms with Gasteiger partial charge in [-0.1, -0.05) is 0 Å². The third-order valence-electron chi connectivity index (χ3n) is 5.47. The van der Waals surface area contributed by atoms with Crippen molar-refractivity contribution in [3.8, 4) is 0 Å². The molecule has 1 aliphatic carbocycles. The van der Waals surface area contributed by atoms with E-state index in [1.54, 1.807) is 42.7 Å². The quantitative estimate of drug-likeness (QED) is 0.688. The highest BCUT2D eigenvalue weighted by Crippen LogP contribution is 2.36. The number of nitrogens with zero attached hydrogens (tertiary/aromatic N) is 2. The van der Waals surface area contributed by atoms with Crippen molar-refractivity contribution in [2.24, 2.45) is 5.92 Å². The molecule has 29 heavy (non-hydrogen) atoms. The minimum absolute atomic E-state index is 0.0964. The fraction of sp³-hybridized carbons (Fsp3) is 0.381. The molecule has 4 rings (SSSR count). The largest absolute Gasteiger partial charge is 0.440 e. The standard InChI is InChI=1S/C21H23N3O4S/c1-29(26,27)17-8-9-19-18(11-17)24-21(28-19)15-6-4-14(5-7-15)12-23-20(25)16-3-2-10-22-13-16/h2-3,8-11,13-15H,4-7,12H2,1H3,(H,23,25)/t14-,15-. The lowest BCUT2D eigenvalue weighted by Gasteiger charge is -2.26. The molecule has 0 unspecified atom stereocenters. The fourth-order valence-electron chi connectivity index (χ4n) is 3.78. The molecule has 1 fully saturated rings. The number of fused-ring (bicyclic) bond motifs is 1. The zero-order chi connectivity index (χ0) is 20.4. The van der Waals surface area contributed by atoms with E-state index in [0.29, 0.717) is 35.0 Å². The van der Waals surface area contributed by atoms with Gasteiger partial charge < -0.3 is 9.73 Å². The molecule has 0 atom stereocenters. The van der Waals surface area contributed by atoms with E-state index in [2.05, 4.69) is 15.3 Å². The predicted molar refractivity (Wildman–Crippen MR) is 108 cm³/mol. The molecule has 1 aliphatic rings. The van der Waals surface area contributed by atoms with Crippen LogP contribution in [0.5, 0.6) is 0 Å². The molecule has 0 radical (unpaired) electrons. The van der Waals surface area contributed by atoms with E-state index in [9.17, 15) is 13.2 Å². The average molecular weight is 413 g/mol. The summed E-state index contributed by atoms with van der Waals surface area (Å²) in [6.45, 7) is 0.645.